The first-order chi connectivity index (χ1) is 16.6. The number of methoxy groups -OCH3 is 2. The zero-order valence-corrected chi connectivity index (χ0v) is 19.3. The highest BCUT2D eigenvalue weighted by Crippen LogP contribution is 2.31. The molecule has 1 fully saturated rings. The van der Waals surface area contributed by atoms with Crippen LogP contribution in [0.4, 0.5) is 5.69 Å². The van der Waals surface area contributed by atoms with Crippen LogP contribution in [-0.4, -0.2) is 44.0 Å². The fourth-order valence-electron chi connectivity index (χ4n) is 3.97. The van der Waals surface area contributed by atoms with Crippen molar-refractivity contribution in [3.05, 3.63) is 78.4 Å². The normalized spacial score (nSPS) is 15.2. The van der Waals surface area contributed by atoms with E-state index in [1.54, 1.807) is 31.3 Å². The molecule has 0 aromatic heterocycles. The third-order valence-corrected chi connectivity index (χ3v) is 5.82. The predicted molar refractivity (Wildman–Crippen MR) is 130 cm³/mol. The first-order valence-corrected chi connectivity index (χ1v) is 11.2. The minimum Gasteiger partial charge on any atom is -0.493 e. The summed E-state index contributed by atoms with van der Waals surface area (Å²) in [5.74, 6) is 1.93. The summed E-state index contributed by atoms with van der Waals surface area (Å²) in [4.78, 5) is 27.3. The van der Waals surface area contributed by atoms with Gasteiger partial charge in [0.25, 0.3) is 0 Å². The number of anilines is 1. The van der Waals surface area contributed by atoms with E-state index in [0.717, 1.165) is 5.56 Å². The molecule has 0 bridgehead atoms. The molecule has 34 heavy (non-hydrogen) atoms. The Labute approximate surface area is 199 Å². The first-order valence-electron chi connectivity index (χ1n) is 11.2. The largest absolute Gasteiger partial charge is 0.493 e. The highest BCUT2D eigenvalue weighted by molar-refractivity contribution is 5.98. The average molecular weight is 461 g/mol. The molecule has 0 aliphatic carbocycles. The number of para-hydroxylation sites is 3. The van der Waals surface area contributed by atoms with Crippen LogP contribution in [0.15, 0.2) is 72.8 Å². The van der Waals surface area contributed by atoms with Gasteiger partial charge in [0.2, 0.25) is 11.8 Å². The van der Waals surface area contributed by atoms with Gasteiger partial charge >= 0.3 is 0 Å². The van der Waals surface area contributed by atoms with Gasteiger partial charge in [0.05, 0.1) is 25.8 Å². The predicted octanol–water partition coefficient (Wildman–Crippen LogP) is 4.53. The number of ether oxygens (including phenoxy) is 3. The second-order valence-electron chi connectivity index (χ2n) is 8.08. The summed E-state index contributed by atoms with van der Waals surface area (Å²) in [6.45, 7) is 0.922. The van der Waals surface area contributed by atoms with Crippen LogP contribution in [0.2, 0.25) is 0 Å². The number of hydrogen-bond acceptors (Lipinski definition) is 5. The SMILES string of the molecule is COc1ccc(CCN2CC(C(=O)Nc3ccccc3Oc3ccccc3)CC2=O)cc1OC. The van der Waals surface area contributed by atoms with Crippen LogP contribution in [0.5, 0.6) is 23.0 Å². The van der Waals surface area contributed by atoms with Crippen molar-refractivity contribution in [1.82, 2.24) is 4.90 Å². The summed E-state index contributed by atoms with van der Waals surface area (Å²) < 4.78 is 16.6. The number of rotatable bonds is 9. The average Bonchev–Trinajstić information content (AvgIpc) is 3.25. The molecule has 3 aromatic carbocycles. The Balaban J connectivity index is 1.36. The number of carbonyl (C=O) groups excluding carboxylic acids is 2. The highest BCUT2D eigenvalue weighted by Gasteiger charge is 2.34. The van der Waals surface area contributed by atoms with E-state index in [0.29, 0.717) is 48.2 Å². The van der Waals surface area contributed by atoms with Crippen molar-refractivity contribution in [2.75, 3.05) is 32.6 Å². The van der Waals surface area contributed by atoms with E-state index in [9.17, 15) is 9.59 Å². The molecule has 1 unspecified atom stereocenters. The molecule has 1 N–H and O–H groups in total. The molecule has 176 valence electrons. The first kappa shape index (κ1) is 23.2. The number of nitrogens with one attached hydrogen (secondary N) is 1. The molecule has 4 rings (SSSR count). The van der Waals surface area contributed by atoms with Crippen molar-refractivity contribution < 1.29 is 23.8 Å². The van der Waals surface area contributed by atoms with Crippen molar-refractivity contribution in [1.29, 1.82) is 0 Å². The summed E-state index contributed by atoms with van der Waals surface area (Å²) >= 11 is 0. The van der Waals surface area contributed by atoms with Gasteiger partial charge in [0.1, 0.15) is 5.75 Å². The van der Waals surface area contributed by atoms with Crippen molar-refractivity contribution >= 4 is 17.5 Å². The minimum absolute atomic E-state index is 0.0190. The summed E-state index contributed by atoms with van der Waals surface area (Å²) in [6, 6.07) is 22.4. The Bertz CT molecular complexity index is 1150. The molecule has 7 heteroatoms. The van der Waals surface area contributed by atoms with Crippen molar-refractivity contribution in [2.45, 2.75) is 12.8 Å². The number of likely N-dealkylation sites (tertiary alicyclic amines) is 1. The molecule has 0 spiro atoms. The van der Waals surface area contributed by atoms with Gasteiger partial charge in [0.15, 0.2) is 17.2 Å². The number of hydrogen-bond donors (Lipinski definition) is 1. The second-order valence-corrected chi connectivity index (χ2v) is 8.08. The maximum atomic E-state index is 13.0. The maximum absolute atomic E-state index is 13.0. The van der Waals surface area contributed by atoms with E-state index in [1.165, 1.54) is 0 Å². The number of benzene rings is 3. The molecule has 0 saturated carbocycles. The molecule has 1 atom stereocenters. The van der Waals surface area contributed by atoms with E-state index >= 15 is 0 Å². The van der Waals surface area contributed by atoms with E-state index < -0.39 is 5.92 Å². The van der Waals surface area contributed by atoms with Crippen LogP contribution in [0.3, 0.4) is 0 Å². The van der Waals surface area contributed by atoms with Gasteiger partial charge in [-0.2, -0.15) is 0 Å². The smallest absolute Gasteiger partial charge is 0.229 e. The van der Waals surface area contributed by atoms with Gasteiger partial charge in [-0.3, -0.25) is 9.59 Å². The van der Waals surface area contributed by atoms with Crippen LogP contribution < -0.4 is 19.5 Å². The molecule has 1 saturated heterocycles. The fourth-order valence-corrected chi connectivity index (χ4v) is 3.97. The molecule has 2 amide bonds. The summed E-state index contributed by atoms with van der Waals surface area (Å²) in [5.41, 5.74) is 1.61. The Morgan fingerprint density at radius 1 is 0.941 bits per heavy atom. The highest BCUT2D eigenvalue weighted by atomic mass is 16.5. The van der Waals surface area contributed by atoms with Gasteiger partial charge < -0.3 is 24.4 Å². The number of amides is 2. The molecule has 3 aromatic rings. The van der Waals surface area contributed by atoms with Gasteiger partial charge in [0, 0.05) is 19.5 Å². The monoisotopic (exact) mass is 460 g/mol. The topological polar surface area (TPSA) is 77.1 Å². The second kappa shape index (κ2) is 10.7. The van der Waals surface area contributed by atoms with Crippen LogP contribution in [-0.2, 0) is 16.0 Å². The van der Waals surface area contributed by atoms with Crippen molar-refractivity contribution in [3.63, 3.8) is 0 Å². The Morgan fingerprint density at radius 3 is 2.44 bits per heavy atom. The third-order valence-electron chi connectivity index (χ3n) is 5.82. The van der Waals surface area contributed by atoms with Gasteiger partial charge in [-0.1, -0.05) is 36.4 Å². The summed E-state index contributed by atoms with van der Waals surface area (Å²) in [6.07, 6.45) is 0.855. The molecule has 7 nitrogen and oxygen atoms in total. The van der Waals surface area contributed by atoms with Crippen molar-refractivity contribution in [2.24, 2.45) is 5.92 Å². The van der Waals surface area contributed by atoms with Gasteiger partial charge in [-0.15, -0.1) is 0 Å². The van der Waals surface area contributed by atoms with E-state index in [-0.39, 0.29) is 18.2 Å². The zero-order valence-electron chi connectivity index (χ0n) is 19.3. The van der Waals surface area contributed by atoms with E-state index in [2.05, 4.69) is 5.32 Å². The Morgan fingerprint density at radius 2 is 1.68 bits per heavy atom. The lowest BCUT2D eigenvalue weighted by Crippen LogP contribution is -2.30. The van der Waals surface area contributed by atoms with Crippen molar-refractivity contribution in [3.8, 4) is 23.0 Å². The van der Waals surface area contributed by atoms with Gasteiger partial charge in [-0.05, 0) is 48.4 Å². The lowest BCUT2D eigenvalue weighted by molar-refractivity contribution is -0.128. The van der Waals surface area contributed by atoms with Crippen LogP contribution in [0, 0.1) is 5.92 Å². The van der Waals surface area contributed by atoms with Crippen LogP contribution in [0.25, 0.3) is 0 Å². The van der Waals surface area contributed by atoms with E-state index in [4.69, 9.17) is 14.2 Å². The summed E-state index contributed by atoms with van der Waals surface area (Å²) in [5, 5.41) is 2.94. The standard InChI is InChI=1S/C27H28N2O5/c1-32-24-13-12-19(16-25(24)33-2)14-15-29-18-20(17-26(29)30)27(31)28-22-10-6-7-11-23(22)34-21-8-4-3-5-9-21/h3-13,16,20H,14-15,17-18H2,1-2H3,(H,28,31). The van der Waals surface area contributed by atoms with Crippen LogP contribution in [0.1, 0.15) is 12.0 Å². The molecular formula is C27H28N2O5. The number of carbonyl (C=O) groups is 2. The van der Waals surface area contributed by atoms with Gasteiger partial charge in [-0.25, -0.2) is 0 Å². The quantitative estimate of drug-likeness (QED) is 0.508. The van der Waals surface area contributed by atoms with E-state index in [1.807, 2.05) is 60.7 Å². The lowest BCUT2D eigenvalue weighted by Gasteiger charge is -2.18. The Hall–Kier alpha value is -4.00. The third kappa shape index (κ3) is 5.49. The lowest BCUT2D eigenvalue weighted by atomic mass is 10.1. The molecular weight excluding hydrogens is 432 g/mol. The molecule has 1 heterocycles. The number of nitrogens with zero attached hydrogens (tertiary/aromatic N) is 1. The summed E-state index contributed by atoms with van der Waals surface area (Å²) in [7, 11) is 3.19. The maximum Gasteiger partial charge on any atom is 0.229 e. The Kier molecular flexibility index (Phi) is 7.32. The fraction of sp³-hybridized carbons (Fsp3) is 0.259. The minimum atomic E-state index is -0.414. The molecule has 0 radical (unpaired) electrons. The zero-order chi connectivity index (χ0) is 23.9. The van der Waals surface area contributed by atoms with Crippen LogP contribution >= 0.6 is 0 Å². The molecule has 1 aliphatic rings. The molecule has 1 aliphatic heterocycles.